The highest BCUT2D eigenvalue weighted by Crippen LogP contribution is 2.33. The number of aromatic nitrogens is 3. The molecular formula is C23H15N3O. The first-order chi connectivity index (χ1) is 13.3. The Kier molecular flexibility index (Phi) is 3.54. The molecule has 0 radical (unpaired) electrons. The normalized spacial score (nSPS) is 11.1. The molecule has 4 nitrogen and oxygen atoms in total. The maximum atomic E-state index is 12.4. The molecule has 0 bridgehead atoms. The molecule has 0 aliphatic heterocycles. The van der Waals surface area contributed by atoms with Gasteiger partial charge >= 0.3 is 0 Å². The lowest BCUT2D eigenvalue weighted by Crippen LogP contribution is -2.03. The summed E-state index contributed by atoms with van der Waals surface area (Å²) in [5.74, 6) is 0. The molecule has 3 heterocycles. The summed E-state index contributed by atoms with van der Waals surface area (Å²) in [7, 11) is 0. The molecule has 0 unspecified atom stereocenters. The first-order valence-corrected chi connectivity index (χ1v) is 8.72. The van der Waals surface area contributed by atoms with Gasteiger partial charge in [0.05, 0.1) is 11.1 Å². The molecule has 128 valence electrons. The van der Waals surface area contributed by atoms with Crippen LogP contribution in [0.3, 0.4) is 0 Å². The zero-order valence-corrected chi connectivity index (χ0v) is 14.4. The third kappa shape index (κ3) is 2.68. The van der Waals surface area contributed by atoms with Gasteiger partial charge in [0.2, 0.25) is 0 Å². The van der Waals surface area contributed by atoms with Gasteiger partial charge < -0.3 is 4.98 Å². The van der Waals surface area contributed by atoms with E-state index in [-0.39, 0.29) is 5.43 Å². The first kappa shape index (κ1) is 15.5. The summed E-state index contributed by atoms with van der Waals surface area (Å²) >= 11 is 0. The molecule has 0 spiro atoms. The van der Waals surface area contributed by atoms with Gasteiger partial charge in [0.25, 0.3) is 0 Å². The maximum absolute atomic E-state index is 12.4. The average Bonchev–Trinajstić information content (AvgIpc) is 2.73. The van der Waals surface area contributed by atoms with E-state index in [1.54, 1.807) is 12.4 Å². The van der Waals surface area contributed by atoms with Crippen LogP contribution in [0.1, 0.15) is 0 Å². The predicted octanol–water partition coefficient (Wildman–Crippen LogP) is 4.81. The Labute approximate surface area is 155 Å². The van der Waals surface area contributed by atoms with Crippen LogP contribution >= 0.6 is 0 Å². The van der Waals surface area contributed by atoms with Crippen LogP contribution in [-0.4, -0.2) is 15.0 Å². The van der Waals surface area contributed by atoms with Crippen LogP contribution in [0, 0.1) is 0 Å². The van der Waals surface area contributed by atoms with Crippen molar-refractivity contribution in [1.29, 1.82) is 0 Å². The Balaban J connectivity index is 1.85. The number of nitrogens with one attached hydrogen (secondary N) is 1. The molecule has 3 aromatic heterocycles. The number of H-pyrrole nitrogens is 1. The van der Waals surface area contributed by atoms with E-state index in [4.69, 9.17) is 4.98 Å². The lowest BCUT2D eigenvalue weighted by Gasteiger charge is -2.12. The third-order valence-corrected chi connectivity index (χ3v) is 4.74. The molecule has 0 fully saturated rings. The second-order valence-corrected chi connectivity index (χ2v) is 6.43. The minimum absolute atomic E-state index is 0.0397. The number of nitrogens with zero attached hydrogens (tertiary/aromatic N) is 2. The molecule has 0 atom stereocenters. The maximum Gasteiger partial charge on any atom is 0.191 e. The molecule has 0 aliphatic carbocycles. The van der Waals surface area contributed by atoms with Crippen molar-refractivity contribution in [1.82, 2.24) is 15.0 Å². The summed E-state index contributed by atoms with van der Waals surface area (Å²) in [4.78, 5) is 24.4. The van der Waals surface area contributed by atoms with E-state index in [1.807, 2.05) is 54.7 Å². The van der Waals surface area contributed by atoms with E-state index in [9.17, 15) is 4.79 Å². The zero-order chi connectivity index (χ0) is 18.2. The predicted molar refractivity (Wildman–Crippen MR) is 109 cm³/mol. The largest absolute Gasteiger partial charge is 0.346 e. The van der Waals surface area contributed by atoms with E-state index in [0.717, 1.165) is 33.2 Å². The summed E-state index contributed by atoms with van der Waals surface area (Å²) in [6.45, 7) is 0. The fourth-order valence-corrected chi connectivity index (χ4v) is 3.38. The van der Waals surface area contributed by atoms with Gasteiger partial charge in [0.1, 0.15) is 5.65 Å². The zero-order valence-electron chi connectivity index (χ0n) is 14.4. The summed E-state index contributed by atoms with van der Waals surface area (Å²) in [6.07, 6.45) is 5.27. The standard InChI is InChI=1S/C23H15N3O/c27-21-9-11-25-23-20(21)13-19(22(26-23)15-4-2-1-3-5-15)17-6-7-18-14-24-10-8-16(18)12-17/h1-14H,(H,25,26,27). The van der Waals surface area contributed by atoms with Crippen molar-refractivity contribution in [2.75, 3.05) is 0 Å². The first-order valence-electron chi connectivity index (χ1n) is 8.72. The smallest absolute Gasteiger partial charge is 0.191 e. The number of fused-ring (bicyclic) bond motifs is 2. The topological polar surface area (TPSA) is 58.6 Å². The number of pyridine rings is 3. The van der Waals surface area contributed by atoms with Crippen LogP contribution < -0.4 is 5.43 Å². The highest BCUT2D eigenvalue weighted by atomic mass is 16.1. The number of benzene rings is 2. The van der Waals surface area contributed by atoms with Gasteiger partial charge in [-0.1, -0.05) is 42.5 Å². The van der Waals surface area contributed by atoms with Gasteiger partial charge in [-0.15, -0.1) is 0 Å². The molecular weight excluding hydrogens is 334 g/mol. The Morgan fingerprint density at radius 1 is 0.815 bits per heavy atom. The fourth-order valence-electron chi connectivity index (χ4n) is 3.38. The van der Waals surface area contributed by atoms with E-state index in [0.29, 0.717) is 11.0 Å². The van der Waals surface area contributed by atoms with E-state index in [2.05, 4.69) is 22.1 Å². The van der Waals surface area contributed by atoms with Crippen molar-refractivity contribution in [3.63, 3.8) is 0 Å². The fraction of sp³-hybridized carbons (Fsp3) is 0. The van der Waals surface area contributed by atoms with Crippen molar-refractivity contribution in [2.24, 2.45) is 0 Å². The molecule has 1 N–H and O–H groups in total. The van der Waals surface area contributed by atoms with Crippen molar-refractivity contribution >= 4 is 21.8 Å². The quantitative estimate of drug-likeness (QED) is 0.498. The molecule has 27 heavy (non-hydrogen) atoms. The third-order valence-electron chi connectivity index (χ3n) is 4.74. The van der Waals surface area contributed by atoms with Crippen LogP contribution in [0.4, 0.5) is 0 Å². The minimum Gasteiger partial charge on any atom is -0.346 e. The molecule has 5 rings (SSSR count). The highest BCUT2D eigenvalue weighted by molar-refractivity contribution is 5.93. The monoisotopic (exact) mass is 349 g/mol. The van der Waals surface area contributed by atoms with Gasteiger partial charge in [-0.2, -0.15) is 0 Å². The minimum atomic E-state index is -0.0397. The van der Waals surface area contributed by atoms with Crippen LogP contribution in [0.2, 0.25) is 0 Å². The van der Waals surface area contributed by atoms with Crippen LogP contribution in [0.25, 0.3) is 44.2 Å². The summed E-state index contributed by atoms with van der Waals surface area (Å²) < 4.78 is 0. The Morgan fingerprint density at radius 2 is 1.70 bits per heavy atom. The van der Waals surface area contributed by atoms with Crippen molar-refractivity contribution in [2.45, 2.75) is 0 Å². The van der Waals surface area contributed by atoms with E-state index >= 15 is 0 Å². The highest BCUT2D eigenvalue weighted by Gasteiger charge is 2.13. The average molecular weight is 349 g/mol. The van der Waals surface area contributed by atoms with Crippen LogP contribution in [0.15, 0.2) is 90.1 Å². The molecule has 0 saturated heterocycles. The van der Waals surface area contributed by atoms with Gasteiger partial charge in [0.15, 0.2) is 5.43 Å². The number of rotatable bonds is 2. The summed E-state index contributed by atoms with van der Waals surface area (Å²) in [5.41, 5.74) is 4.36. The van der Waals surface area contributed by atoms with Crippen LogP contribution in [-0.2, 0) is 0 Å². The van der Waals surface area contributed by atoms with Crippen molar-refractivity contribution in [3.05, 3.63) is 95.5 Å². The second-order valence-electron chi connectivity index (χ2n) is 6.43. The van der Waals surface area contributed by atoms with Gasteiger partial charge in [0, 0.05) is 41.2 Å². The number of hydrogen-bond donors (Lipinski definition) is 1. The molecule has 4 heteroatoms. The Morgan fingerprint density at radius 3 is 2.59 bits per heavy atom. The lowest BCUT2D eigenvalue weighted by molar-refractivity contribution is 1.28. The van der Waals surface area contributed by atoms with Crippen LogP contribution in [0.5, 0.6) is 0 Å². The summed E-state index contributed by atoms with van der Waals surface area (Å²) in [6, 6.07) is 21.7. The molecule has 0 saturated carbocycles. The van der Waals surface area contributed by atoms with Crippen molar-refractivity contribution in [3.8, 4) is 22.4 Å². The van der Waals surface area contributed by atoms with Gasteiger partial charge in [-0.3, -0.25) is 9.78 Å². The van der Waals surface area contributed by atoms with Crippen molar-refractivity contribution < 1.29 is 0 Å². The van der Waals surface area contributed by atoms with E-state index < -0.39 is 0 Å². The van der Waals surface area contributed by atoms with Gasteiger partial charge in [-0.05, 0) is 29.1 Å². The number of hydrogen-bond acceptors (Lipinski definition) is 3. The molecule has 0 amide bonds. The molecule has 0 aliphatic rings. The Bertz CT molecular complexity index is 1340. The van der Waals surface area contributed by atoms with E-state index in [1.165, 1.54) is 6.07 Å². The summed E-state index contributed by atoms with van der Waals surface area (Å²) in [5, 5.41) is 2.76. The number of aromatic amines is 1. The second kappa shape index (κ2) is 6.18. The Hall–Kier alpha value is -3.79. The SMILES string of the molecule is O=c1cc[nH]c2nc(-c3ccccc3)c(-c3ccc4cnccc4c3)cc12. The molecule has 2 aromatic carbocycles. The lowest BCUT2D eigenvalue weighted by atomic mass is 9.96. The molecule has 5 aromatic rings. The van der Waals surface area contributed by atoms with Gasteiger partial charge in [-0.25, -0.2) is 4.98 Å².